The average Bonchev–Trinajstić information content (AvgIpc) is 0. The predicted octanol–water partition coefficient (Wildman–Crippen LogP) is -2.77. The van der Waals surface area contributed by atoms with Crippen molar-refractivity contribution < 1.29 is 5.48 Å². The Bertz CT molecular complexity index is 3.25. The zero-order valence-corrected chi connectivity index (χ0v) is 0.500. The zero-order valence-electron chi connectivity index (χ0n) is 0.500. The summed E-state index contributed by atoms with van der Waals surface area (Å²) >= 11 is 0. The van der Waals surface area contributed by atoms with Gasteiger partial charge in [0, 0.05) is 0 Å². The fourth-order valence-corrected chi connectivity index (χ4v) is 0. The van der Waals surface area contributed by atoms with Crippen LogP contribution in [0.5, 0.6) is 0 Å². The molecule has 0 saturated carbocycles. The van der Waals surface area contributed by atoms with Crippen LogP contribution in [0.25, 0.3) is 0 Å². The van der Waals surface area contributed by atoms with Gasteiger partial charge in [-0.2, -0.15) is 0 Å². The SMILES string of the molecule is O.[NaH].[NaH].[NaH]. The van der Waals surface area contributed by atoms with Gasteiger partial charge in [0.15, 0.2) is 0 Å². The van der Waals surface area contributed by atoms with Crippen LogP contribution in [-0.2, 0) is 0 Å². The van der Waals surface area contributed by atoms with E-state index in [1.807, 2.05) is 0 Å². The van der Waals surface area contributed by atoms with Crippen LogP contribution in [0.15, 0.2) is 0 Å². The second-order valence-corrected chi connectivity index (χ2v) is 0. The molecule has 0 rings (SSSR count). The minimum atomic E-state index is 0. The first-order valence-electron chi connectivity index (χ1n) is 0. The minimum absolute atomic E-state index is 0. The molecule has 0 aliphatic heterocycles. The molecule has 0 aromatic rings. The molecule has 0 spiro atoms. The maximum atomic E-state index is 0. The molecule has 4 heteroatoms. The third kappa shape index (κ3) is 8.88. The van der Waals surface area contributed by atoms with Crippen molar-refractivity contribution in [3.8, 4) is 0 Å². The van der Waals surface area contributed by atoms with E-state index in [1.54, 1.807) is 0 Å². The van der Waals surface area contributed by atoms with Gasteiger partial charge in [0.25, 0.3) is 0 Å². The standard InChI is InChI=1S/3Na.H2O.3H/h;;;1H2;;;. The van der Waals surface area contributed by atoms with E-state index in [4.69, 9.17) is 0 Å². The van der Waals surface area contributed by atoms with Crippen LogP contribution in [-0.4, -0.2) is 94.1 Å². The number of hydrogen-bond donors (Lipinski definition) is 0. The van der Waals surface area contributed by atoms with E-state index in [0.29, 0.717) is 0 Å². The molecular weight excluding hydrogens is 85.0 g/mol. The molecule has 0 fully saturated rings. The molecular formula is H5Na3O. The first-order chi connectivity index (χ1) is 0. The second kappa shape index (κ2) is 16.7. The molecule has 0 amide bonds. The van der Waals surface area contributed by atoms with Crippen molar-refractivity contribution in [2.24, 2.45) is 0 Å². The van der Waals surface area contributed by atoms with E-state index in [0.717, 1.165) is 0 Å². The van der Waals surface area contributed by atoms with Crippen LogP contribution in [0, 0.1) is 0 Å². The van der Waals surface area contributed by atoms with Crippen LogP contribution in [0.3, 0.4) is 0 Å². The summed E-state index contributed by atoms with van der Waals surface area (Å²) in [5.74, 6) is 0. The van der Waals surface area contributed by atoms with Gasteiger partial charge in [-0.1, -0.05) is 0 Å². The van der Waals surface area contributed by atoms with Gasteiger partial charge < -0.3 is 5.48 Å². The molecule has 14 valence electrons. The molecule has 1 nitrogen and oxygen atoms in total. The molecule has 2 N–H and O–H groups in total. The fourth-order valence-electron chi connectivity index (χ4n) is 0. The molecule has 4 heavy (non-hydrogen) atoms. The van der Waals surface area contributed by atoms with Crippen molar-refractivity contribution in [3.05, 3.63) is 0 Å². The van der Waals surface area contributed by atoms with Crippen LogP contribution >= 0.6 is 0 Å². The first-order valence-corrected chi connectivity index (χ1v) is 0. The summed E-state index contributed by atoms with van der Waals surface area (Å²) in [7, 11) is 0. The molecule has 0 saturated heterocycles. The second-order valence-electron chi connectivity index (χ2n) is 0. The average molecular weight is 90.0 g/mol. The zero-order chi connectivity index (χ0) is 0. The Labute approximate surface area is 92.1 Å². The van der Waals surface area contributed by atoms with Crippen molar-refractivity contribution in [3.63, 3.8) is 0 Å². The Hall–Kier alpha value is 2.96. The maximum absolute atomic E-state index is 0. The summed E-state index contributed by atoms with van der Waals surface area (Å²) in [4.78, 5) is 0. The quantitative estimate of drug-likeness (QED) is 0.288. The van der Waals surface area contributed by atoms with Crippen molar-refractivity contribution in [2.45, 2.75) is 0 Å². The molecule has 0 aliphatic carbocycles. The van der Waals surface area contributed by atoms with E-state index in [9.17, 15) is 0 Å². The van der Waals surface area contributed by atoms with Gasteiger partial charge in [-0.25, -0.2) is 0 Å². The van der Waals surface area contributed by atoms with E-state index < -0.39 is 0 Å². The van der Waals surface area contributed by atoms with Crippen LogP contribution in [0.4, 0.5) is 0 Å². The molecule has 0 unspecified atom stereocenters. The summed E-state index contributed by atoms with van der Waals surface area (Å²) < 4.78 is 0. The summed E-state index contributed by atoms with van der Waals surface area (Å²) in [6.45, 7) is 0. The molecule has 0 bridgehead atoms. The van der Waals surface area contributed by atoms with Gasteiger partial charge >= 0.3 is 88.7 Å². The number of rotatable bonds is 0. The van der Waals surface area contributed by atoms with E-state index in [-0.39, 0.29) is 94.1 Å². The number of hydrogen-bond acceptors (Lipinski definition) is 0. The van der Waals surface area contributed by atoms with Crippen molar-refractivity contribution >= 4 is 88.7 Å². The van der Waals surface area contributed by atoms with Crippen LogP contribution in [0.1, 0.15) is 0 Å². The first kappa shape index (κ1) is 28.2. The Balaban J connectivity index is 0. The van der Waals surface area contributed by atoms with Crippen molar-refractivity contribution in [1.82, 2.24) is 0 Å². The van der Waals surface area contributed by atoms with E-state index in [1.165, 1.54) is 0 Å². The Morgan fingerprint density at radius 3 is 0.500 bits per heavy atom. The molecule has 0 radical (unpaired) electrons. The summed E-state index contributed by atoms with van der Waals surface area (Å²) in [5.41, 5.74) is 0. The van der Waals surface area contributed by atoms with E-state index in [2.05, 4.69) is 0 Å². The summed E-state index contributed by atoms with van der Waals surface area (Å²) in [6, 6.07) is 0. The fraction of sp³-hybridized carbons (Fsp3) is 0. The van der Waals surface area contributed by atoms with Gasteiger partial charge in [-0.15, -0.1) is 0 Å². The Morgan fingerprint density at radius 2 is 0.500 bits per heavy atom. The van der Waals surface area contributed by atoms with Crippen LogP contribution < -0.4 is 0 Å². The monoisotopic (exact) mass is 90.0 g/mol. The topological polar surface area (TPSA) is 31.5 Å². The third-order valence-electron chi connectivity index (χ3n) is 0. The third-order valence-corrected chi connectivity index (χ3v) is 0. The Morgan fingerprint density at radius 1 is 0.500 bits per heavy atom. The summed E-state index contributed by atoms with van der Waals surface area (Å²) in [5, 5.41) is 0. The van der Waals surface area contributed by atoms with Crippen LogP contribution in [0.2, 0.25) is 0 Å². The Kier molecular flexibility index (Phi) is 118. The van der Waals surface area contributed by atoms with E-state index >= 15 is 0 Å². The molecule has 0 aromatic heterocycles. The van der Waals surface area contributed by atoms with Gasteiger partial charge in [-0.05, 0) is 0 Å². The molecule has 0 heterocycles. The van der Waals surface area contributed by atoms with Gasteiger partial charge in [0.1, 0.15) is 0 Å². The van der Waals surface area contributed by atoms with Crippen molar-refractivity contribution in [2.75, 3.05) is 0 Å². The van der Waals surface area contributed by atoms with Gasteiger partial charge in [0.05, 0.1) is 0 Å². The van der Waals surface area contributed by atoms with Gasteiger partial charge in [0.2, 0.25) is 0 Å². The summed E-state index contributed by atoms with van der Waals surface area (Å²) in [6.07, 6.45) is 0. The molecule has 0 aliphatic rings. The predicted molar refractivity (Wildman–Crippen MR) is 25.1 cm³/mol. The molecule has 0 aromatic carbocycles. The normalized spacial score (nSPS) is 0. The van der Waals surface area contributed by atoms with Crippen molar-refractivity contribution in [1.29, 1.82) is 0 Å². The van der Waals surface area contributed by atoms with Gasteiger partial charge in [-0.3, -0.25) is 0 Å². The molecule has 0 atom stereocenters.